The van der Waals surface area contributed by atoms with Crippen molar-refractivity contribution in [2.75, 3.05) is 50.8 Å². The molecule has 36 heavy (non-hydrogen) atoms. The van der Waals surface area contributed by atoms with Gasteiger partial charge in [-0.05, 0) is 56.7 Å². The minimum absolute atomic E-state index is 0.0749. The van der Waals surface area contributed by atoms with Crippen LogP contribution in [0.4, 0.5) is 10.5 Å². The summed E-state index contributed by atoms with van der Waals surface area (Å²) in [7, 11) is -3.73. The minimum Gasteiger partial charge on any atom is -0.482 e. The maximum absolute atomic E-state index is 13.2. The highest BCUT2D eigenvalue weighted by Crippen LogP contribution is 2.35. The summed E-state index contributed by atoms with van der Waals surface area (Å²) >= 11 is 0. The Hall–Kier alpha value is -2.86. The Bertz CT molecular complexity index is 1090. The van der Waals surface area contributed by atoms with Crippen molar-refractivity contribution < 1.29 is 32.3 Å². The summed E-state index contributed by atoms with van der Waals surface area (Å²) in [6, 6.07) is 4.31. The summed E-state index contributed by atoms with van der Waals surface area (Å²) < 4.78 is 38.5. The number of carbonyl (C=O) groups is 3. The molecule has 198 valence electrons. The molecule has 1 N–H and O–H groups in total. The number of rotatable bonds is 6. The van der Waals surface area contributed by atoms with Gasteiger partial charge in [0.05, 0.1) is 17.2 Å². The van der Waals surface area contributed by atoms with Crippen molar-refractivity contribution >= 4 is 33.6 Å². The summed E-state index contributed by atoms with van der Waals surface area (Å²) in [5, 5.41) is 2.93. The lowest BCUT2D eigenvalue weighted by molar-refractivity contribution is -0.125. The average molecular weight is 523 g/mol. The van der Waals surface area contributed by atoms with Gasteiger partial charge in [0.15, 0.2) is 6.61 Å². The third-order valence-corrected chi connectivity index (χ3v) is 8.84. The van der Waals surface area contributed by atoms with Gasteiger partial charge in [-0.15, -0.1) is 0 Å². The van der Waals surface area contributed by atoms with E-state index in [1.54, 1.807) is 11.8 Å². The van der Waals surface area contributed by atoms with Crippen LogP contribution in [0, 0.1) is 5.92 Å². The van der Waals surface area contributed by atoms with E-state index in [0.717, 1.165) is 12.8 Å². The van der Waals surface area contributed by atoms with Crippen molar-refractivity contribution in [2.45, 2.75) is 50.5 Å². The number of fused-ring (bicyclic) bond motifs is 1. The second-order valence-electron chi connectivity index (χ2n) is 9.51. The van der Waals surface area contributed by atoms with Crippen LogP contribution < -0.4 is 15.0 Å². The molecular formula is C24H34N4O7S. The van der Waals surface area contributed by atoms with E-state index in [2.05, 4.69) is 12.2 Å². The molecule has 0 saturated carbocycles. The van der Waals surface area contributed by atoms with E-state index in [-0.39, 0.29) is 41.8 Å². The lowest BCUT2D eigenvalue weighted by Gasteiger charge is -2.33. The van der Waals surface area contributed by atoms with Crippen LogP contribution in [0.25, 0.3) is 0 Å². The Labute approximate surface area is 211 Å². The maximum Gasteiger partial charge on any atom is 0.409 e. The number of amides is 3. The maximum atomic E-state index is 13.2. The van der Waals surface area contributed by atoms with E-state index in [1.165, 1.54) is 27.4 Å². The molecule has 12 heteroatoms. The van der Waals surface area contributed by atoms with Gasteiger partial charge in [0.1, 0.15) is 12.3 Å². The highest BCUT2D eigenvalue weighted by atomic mass is 32.2. The van der Waals surface area contributed by atoms with Crippen molar-refractivity contribution in [3.8, 4) is 5.75 Å². The van der Waals surface area contributed by atoms with Crippen LogP contribution >= 0.6 is 0 Å². The molecule has 3 aliphatic heterocycles. The topological polar surface area (TPSA) is 126 Å². The fourth-order valence-electron chi connectivity index (χ4n) is 4.73. The number of nitrogens with one attached hydrogen (secondary N) is 1. The third kappa shape index (κ3) is 5.75. The quantitative estimate of drug-likeness (QED) is 0.601. The first kappa shape index (κ1) is 26.2. The van der Waals surface area contributed by atoms with Gasteiger partial charge in [-0.3, -0.25) is 14.5 Å². The van der Waals surface area contributed by atoms with Gasteiger partial charge >= 0.3 is 6.09 Å². The standard InChI is InChI=1S/C24H34N4O7S/c1-3-34-24(31)26-10-8-18(9-11-26)25-22(29)15-28-20-14-19(4-5-21(20)35-16-23(28)30)36(32,33)27-12-6-17(2)7-13-27/h4-5,14,17-18H,3,6-13,15-16H2,1-2H3,(H,25,29). The molecule has 0 radical (unpaired) electrons. The largest absolute Gasteiger partial charge is 0.482 e. The molecule has 2 fully saturated rings. The Morgan fingerprint density at radius 1 is 1.11 bits per heavy atom. The van der Waals surface area contributed by atoms with Crippen LogP contribution in [0.15, 0.2) is 23.1 Å². The molecule has 0 aliphatic carbocycles. The van der Waals surface area contributed by atoms with Crippen molar-refractivity contribution in [1.29, 1.82) is 0 Å². The number of carbonyl (C=O) groups excluding carboxylic acids is 3. The Morgan fingerprint density at radius 2 is 1.81 bits per heavy atom. The zero-order valence-electron chi connectivity index (χ0n) is 20.8. The van der Waals surface area contributed by atoms with Gasteiger partial charge in [-0.25, -0.2) is 13.2 Å². The molecule has 0 unspecified atom stereocenters. The number of nitrogens with zero attached hydrogens (tertiary/aromatic N) is 3. The molecule has 3 heterocycles. The molecule has 0 bridgehead atoms. The number of anilines is 1. The zero-order valence-corrected chi connectivity index (χ0v) is 21.6. The van der Waals surface area contributed by atoms with Gasteiger partial charge in [-0.1, -0.05) is 6.92 Å². The van der Waals surface area contributed by atoms with Crippen LogP contribution in [-0.2, 0) is 24.3 Å². The van der Waals surface area contributed by atoms with Gasteiger partial charge in [-0.2, -0.15) is 4.31 Å². The normalized spacial score (nSPS) is 20.0. The minimum atomic E-state index is -3.73. The average Bonchev–Trinajstić information content (AvgIpc) is 2.86. The fraction of sp³-hybridized carbons (Fsp3) is 0.625. The smallest absolute Gasteiger partial charge is 0.409 e. The second kappa shape index (κ2) is 11.0. The summed E-state index contributed by atoms with van der Waals surface area (Å²) in [6.45, 7) is 5.55. The highest BCUT2D eigenvalue weighted by molar-refractivity contribution is 7.89. The van der Waals surface area contributed by atoms with E-state index >= 15 is 0 Å². The van der Waals surface area contributed by atoms with Crippen molar-refractivity contribution in [2.24, 2.45) is 5.92 Å². The van der Waals surface area contributed by atoms with Crippen molar-refractivity contribution in [1.82, 2.24) is 14.5 Å². The van der Waals surface area contributed by atoms with Crippen LogP contribution in [-0.4, -0.2) is 87.5 Å². The molecule has 0 atom stereocenters. The number of hydrogen-bond donors (Lipinski definition) is 1. The molecule has 0 aromatic heterocycles. The summed E-state index contributed by atoms with van der Waals surface area (Å²) in [5.41, 5.74) is 0.269. The van der Waals surface area contributed by atoms with Crippen LogP contribution in [0.1, 0.15) is 39.5 Å². The summed E-state index contributed by atoms with van der Waals surface area (Å²) in [4.78, 5) is 40.3. The molecule has 1 aromatic rings. The highest BCUT2D eigenvalue weighted by Gasteiger charge is 2.33. The molecule has 1 aromatic carbocycles. The lowest BCUT2D eigenvalue weighted by atomic mass is 10.0. The molecule has 2 saturated heterocycles. The first-order valence-corrected chi connectivity index (χ1v) is 13.9. The predicted octanol–water partition coefficient (Wildman–Crippen LogP) is 1.57. The molecule has 3 aliphatic rings. The SMILES string of the molecule is CCOC(=O)N1CCC(NC(=O)CN2C(=O)COc3ccc(S(=O)(=O)N4CCC(C)CC4)cc32)CC1. The van der Waals surface area contributed by atoms with E-state index in [4.69, 9.17) is 9.47 Å². The van der Waals surface area contributed by atoms with E-state index in [9.17, 15) is 22.8 Å². The molecule has 0 spiro atoms. The first-order chi connectivity index (χ1) is 17.2. The van der Waals surface area contributed by atoms with E-state index in [0.29, 0.717) is 57.3 Å². The van der Waals surface area contributed by atoms with E-state index < -0.39 is 15.9 Å². The van der Waals surface area contributed by atoms with Gasteiger partial charge < -0.3 is 19.7 Å². The number of likely N-dealkylation sites (tertiary alicyclic amines) is 1. The number of benzene rings is 1. The second-order valence-corrected chi connectivity index (χ2v) is 11.5. The summed E-state index contributed by atoms with van der Waals surface area (Å²) in [6.07, 6.45) is 2.40. The van der Waals surface area contributed by atoms with Crippen molar-refractivity contribution in [3.05, 3.63) is 18.2 Å². The van der Waals surface area contributed by atoms with Gasteiger partial charge in [0, 0.05) is 32.2 Å². The Kier molecular flexibility index (Phi) is 8.04. The Morgan fingerprint density at radius 3 is 2.47 bits per heavy atom. The van der Waals surface area contributed by atoms with Crippen molar-refractivity contribution in [3.63, 3.8) is 0 Å². The Balaban J connectivity index is 1.43. The third-order valence-electron chi connectivity index (χ3n) is 6.94. The summed E-state index contributed by atoms with van der Waals surface area (Å²) in [5.74, 6) is 0.0638. The molecule has 3 amide bonds. The number of hydrogen-bond acceptors (Lipinski definition) is 7. The van der Waals surface area contributed by atoms with Crippen LogP contribution in [0.3, 0.4) is 0 Å². The number of sulfonamides is 1. The fourth-order valence-corrected chi connectivity index (χ4v) is 6.22. The van der Waals surface area contributed by atoms with Gasteiger partial charge in [0.25, 0.3) is 5.91 Å². The lowest BCUT2D eigenvalue weighted by Crippen LogP contribution is -2.50. The number of ether oxygens (including phenoxy) is 2. The molecular weight excluding hydrogens is 488 g/mol. The van der Waals surface area contributed by atoms with Gasteiger partial charge in [0.2, 0.25) is 15.9 Å². The zero-order chi connectivity index (χ0) is 25.9. The number of piperidine rings is 2. The van der Waals surface area contributed by atoms with Crippen LogP contribution in [0.5, 0.6) is 5.75 Å². The first-order valence-electron chi connectivity index (χ1n) is 12.5. The predicted molar refractivity (Wildman–Crippen MR) is 131 cm³/mol. The van der Waals surface area contributed by atoms with Crippen LogP contribution in [0.2, 0.25) is 0 Å². The molecule has 11 nitrogen and oxygen atoms in total. The monoisotopic (exact) mass is 522 g/mol. The van der Waals surface area contributed by atoms with E-state index in [1.807, 2.05) is 0 Å². The molecule has 4 rings (SSSR count).